The van der Waals surface area contributed by atoms with Crippen molar-refractivity contribution >= 4 is 33.6 Å². The lowest BCUT2D eigenvalue weighted by Gasteiger charge is -2.21. The maximum Gasteiger partial charge on any atom is 0.326 e. The highest BCUT2D eigenvalue weighted by Crippen LogP contribution is 2.22. The number of β-amino-alcohol motifs (C(OH)–C–C–N with tert-alkyl or cyclic N) is 1. The van der Waals surface area contributed by atoms with Crippen LogP contribution in [0.25, 0.3) is 0 Å². The van der Waals surface area contributed by atoms with Crippen molar-refractivity contribution in [2.75, 3.05) is 11.9 Å². The lowest BCUT2D eigenvalue weighted by Crippen LogP contribution is -2.43. The fraction of sp³-hybridized carbons (Fsp3) is 0.333. The minimum absolute atomic E-state index is 0.00410. The number of aliphatic carboxylic acids is 1. The van der Waals surface area contributed by atoms with Gasteiger partial charge in [0.05, 0.1) is 10.6 Å². The fourth-order valence-corrected chi connectivity index (χ4v) is 2.42. The third kappa shape index (κ3) is 3.07. The second-order valence-corrected chi connectivity index (χ2v) is 5.31. The average molecular weight is 347 g/mol. The molecule has 2 atom stereocenters. The quantitative estimate of drug-likeness (QED) is 0.759. The smallest absolute Gasteiger partial charge is 0.326 e. The number of urea groups is 1. The van der Waals surface area contributed by atoms with E-state index in [1.165, 1.54) is 18.2 Å². The number of hydrogen-bond donors (Lipinski definition) is 3. The van der Waals surface area contributed by atoms with Crippen LogP contribution >= 0.6 is 15.9 Å². The minimum Gasteiger partial charge on any atom is -0.480 e. The third-order valence-electron chi connectivity index (χ3n) is 3.00. The van der Waals surface area contributed by atoms with Gasteiger partial charge in [-0.25, -0.2) is 14.0 Å². The highest BCUT2D eigenvalue weighted by atomic mass is 79.9. The number of rotatable bonds is 2. The Hall–Kier alpha value is -1.67. The molecule has 0 saturated carbocycles. The number of nitrogens with zero attached hydrogens (tertiary/aromatic N) is 1. The molecule has 0 aliphatic carbocycles. The number of carboxylic acids is 1. The monoisotopic (exact) mass is 346 g/mol. The van der Waals surface area contributed by atoms with Gasteiger partial charge < -0.3 is 20.4 Å². The van der Waals surface area contributed by atoms with E-state index in [1.54, 1.807) is 0 Å². The number of likely N-dealkylation sites (tertiary alicyclic amines) is 1. The molecule has 0 unspecified atom stereocenters. The molecule has 3 N–H and O–H groups in total. The van der Waals surface area contributed by atoms with Crippen molar-refractivity contribution in [2.24, 2.45) is 0 Å². The van der Waals surface area contributed by atoms with Crippen LogP contribution in [-0.4, -0.2) is 45.8 Å². The van der Waals surface area contributed by atoms with Crippen molar-refractivity contribution in [1.29, 1.82) is 0 Å². The van der Waals surface area contributed by atoms with Crippen LogP contribution in [0.1, 0.15) is 6.42 Å². The molecule has 1 saturated heterocycles. The molecule has 0 bridgehead atoms. The first-order valence-corrected chi connectivity index (χ1v) is 6.61. The molecule has 1 aliphatic rings. The Morgan fingerprint density at radius 1 is 1.45 bits per heavy atom. The van der Waals surface area contributed by atoms with Gasteiger partial charge in [-0.05, 0) is 34.1 Å². The summed E-state index contributed by atoms with van der Waals surface area (Å²) in [6, 6.07) is 2.20. The van der Waals surface area contributed by atoms with Gasteiger partial charge in [-0.1, -0.05) is 0 Å². The van der Waals surface area contributed by atoms with Crippen LogP contribution in [0.4, 0.5) is 14.9 Å². The summed E-state index contributed by atoms with van der Waals surface area (Å²) in [6.45, 7) is -0.0504. The largest absolute Gasteiger partial charge is 0.480 e. The Morgan fingerprint density at radius 2 is 2.15 bits per heavy atom. The van der Waals surface area contributed by atoms with E-state index in [-0.39, 0.29) is 17.4 Å². The average Bonchev–Trinajstić information content (AvgIpc) is 2.76. The predicted molar refractivity (Wildman–Crippen MR) is 71.9 cm³/mol. The molecule has 108 valence electrons. The van der Waals surface area contributed by atoms with Crippen molar-refractivity contribution in [1.82, 2.24) is 4.90 Å². The van der Waals surface area contributed by atoms with Gasteiger partial charge in [0, 0.05) is 18.7 Å². The SMILES string of the molecule is O=C(O)[C@@H]1C[C@H](O)CN1C(=O)Nc1ccc(F)c(Br)c1. The zero-order valence-corrected chi connectivity index (χ0v) is 11.8. The van der Waals surface area contributed by atoms with E-state index in [4.69, 9.17) is 5.11 Å². The van der Waals surface area contributed by atoms with E-state index in [1.807, 2.05) is 0 Å². The van der Waals surface area contributed by atoms with Crippen molar-refractivity contribution in [3.63, 3.8) is 0 Å². The summed E-state index contributed by atoms with van der Waals surface area (Å²) in [4.78, 5) is 24.1. The van der Waals surface area contributed by atoms with Gasteiger partial charge >= 0.3 is 12.0 Å². The molecule has 1 aromatic rings. The Balaban J connectivity index is 2.11. The van der Waals surface area contributed by atoms with Crippen LogP contribution in [0.3, 0.4) is 0 Å². The summed E-state index contributed by atoms with van der Waals surface area (Å²) in [5.41, 5.74) is 0.328. The number of nitrogens with one attached hydrogen (secondary N) is 1. The standard InChI is InChI=1S/C12H12BrFN2O4/c13-8-3-6(1-2-9(8)14)15-12(20)16-5-7(17)4-10(16)11(18)19/h1-3,7,10,17H,4-5H2,(H,15,20)(H,18,19)/t7-,10-/m0/s1. The lowest BCUT2D eigenvalue weighted by molar-refractivity contribution is -0.141. The lowest BCUT2D eigenvalue weighted by atomic mass is 10.2. The molecule has 6 nitrogen and oxygen atoms in total. The molecule has 0 spiro atoms. The van der Waals surface area contributed by atoms with E-state index < -0.39 is 30.0 Å². The molecule has 0 aromatic heterocycles. The summed E-state index contributed by atoms with van der Waals surface area (Å²) in [6.07, 6.45) is -0.864. The summed E-state index contributed by atoms with van der Waals surface area (Å²) in [5.74, 6) is -1.64. The second kappa shape index (κ2) is 5.76. The Kier molecular flexibility index (Phi) is 4.24. The Labute approximate surface area is 122 Å². The second-order valence-electron chi connectivity index (χ2n) is 4.45. The number of amides is 2. The predicted octanol–water partition coefficient (Wildman–Crippen LogP) is 1.64. The highest BCUT2D eigenvalue weighted by molar-refractivity contribution is 9.10. The molecule has 8 heteroatoms. The van der Waals surface area contributed by atoms with Crippen molar-refractivity contribution in [3.8, 4) is 0 Å². The molecular weight excluding hydrogens is 335 g/mol. The number of benzene rings is 1. The first-order valence-electron chi connectivity index (χ1n) is 5.82. The molecule has 2 amide bonds. The van der Waals surface area contributed by atoms with Gasteiger partial charge in [-0.3, -0.25) is 0 Å². The van der Waals surface area contributed by atoms with Crippen molar-refractivity contribution in [2.45, 2.75) is 18.6 Å². The number of carbonyl (C=O) groups excluding carboxylic acids is 1. The van der Waals surface area contributed by atoms with E-state index in [9.17, 15) is 19.1 Å². The summed E-state index contributed by atoms with van der Waals surface area (Å²) < 4.78 is 13.3. The van der Waals surface area contributed by atoms with Gasteiger partial charge in [-0.2, -0.15) is 0 Å². The van der Waals surface area contributed by atoms with Crippen LogP contribution in [0.15, 0.2) is 22.7 Å². The van der Waals surface area contributed by atoms with Crippen LogP contribution in [-0.2, 0) is 4.79 Å². The van der Waals surface area contributed by atoms with E-state index in [0.29, 0.717) is 5.69 Å². The Bertz CT molecular complexity index is 554. The number of carboxylic acid groups (broad SMARTS) is 1. The highest BCUT2D eigenvalue weighted by Gasteiger charge is 2.39. The normalized spacial score (nSPS) is 21.9. The molecule has 2 rings (SSSR count). The third-order valence-corrected chi connectivity index (χ3v) is 3.60. The van der Waals surface area contributed by atoms with Crippen LogP contribution < -0.4 is 5.32 Å². The maximum atomic E-state index is 13.1. The Morgan fingerprint density at radius 3 is 2.75 bits per heavy atom. The number of halogens is 2. The topological polar surface area (TPSA) is 89.9 Å². The summed E-state index contributed by atoms with van der Waals surface area (Å²) >= 11 is 2.99. The van der Waals surface area contributed by atoms with Crippen LogP contribution in [0.5, 0.6) is 0 Å². The van der Waals surface area contributed by atoms with Gasteiger partial charge in [0.2, 0.25) is 0 Å². The van der Waals surface area contributed by atoms with E-state index in [0.717, 1.165) is 4.90 Å². The van der Waals surface area contributed by atoms with Crippen molar-refractivity contribution < 1.29 is 24.2 Å². The van der Waals surface area contributed by atoms with Gasteiger partial charge in [-0.15, -0.1) is 0 Å². The molecule has 20 heavy (non-hydrogen) atoms. The van der Waals surface area contributed by atoms with Gasteiger partial charge in [0.15, 0.2) is 0 Å². The van der Waals surface area contributed by atoms with Crippen LogP contribution in [0, 0.1) is 5.82 Å². The summed E-state index contributed by atoms with van der Waals surface area (Å²) in [5, 5.41) is 21.0. The summed E-state index contributed by atoms with van der Waals surface area (Å²) in [7, 11) is 0. The number of aliphatic hydroxyl groups is 1. The minimum atomic E-state index is -1.17. The zero-order valence-electron chi connectivity index (χ0n) is 10.2. The first kappa shape index (κ1) is 14.7. The molecule has 1 aromatic carbocycles. The molecule has 1 fully saturated rings. The van der Waals surface area contributed by atoms with Crippen molar-refractivity contribution in [3.05, 3.63) is 28.5 Å². The van der Waals surface area contributed by atoms with Crippen LogP contribution in [0.2, 0.25) is 0 Å². The van der Waals surface area contributed by atoms with E-state index in [2.05, 4.69) is 21.2 Å². The number of aliphatic hydroxyl groups excluding tert-OH is 1. The first-order chi connectivity index (χ1) is 9.38. The molecule has 1 heterocycles. The number of anilines is 1. The molecule has 0 radical (unpaired) electrons. The maximum absolute atomic E-state index is 13.1. The molecule has 1 aliphatic heterocycles. The number of hydrogen-bond acceptors (Lipinski definition) is 3. The number of carbonyl (C=O) groups is 2. The zero-order chi connectivity index (χ0) is 14.9. The van der Waals surface area contributed by atoms with E-state index >= 15 is 0 Å². The molecular formula is C12H12BrFN2O4. The van der Waals surface area contributed by atoms with Gasteiger partial charge in [0.1, 0.15) is 11.9 Å². The van der Waals surface area contributed by atoms with Gasteiger partial charge in [0.25, 0.3) is 0 Å². The fourth-order valence-electron chi connectivity index (χ4n) is 2.04.